The maximum absolute atomic E-state index is 15.1. The molecule has 1 saturated heterocycles. The molecule has 5 rings (SSSR count). The van der Waals surface area contributed by atoms with Gasteiger partial charge in [0, 0.05) is 29.9 Å². The van der Waals surface area contributed by atoms with E-state index in [0.717, 1.165) is 18.1 Å². The summed E-state index contributed by atoms with van der Waals surface area (Å²) in [6.45, 7) is 1.68. The Kier molecular flexibility index (Phi) is 7.17. The Morgan fingerprint density at radius 2 is 1.79 bits per heavy atom. The highest BCUT2D eigenvalue weighted by Gasteiger charge is 2.48. The number of benzene rings is 2. The highest BCUT2D eigenvalue weighted by atomic mass is 19.4. The molecule has 0 bridgehead atoms. The second kappa shape index (κ2) is 10.4. The molecule has 2 aliphatic rings. The van der Waals surface area contributed by atoms with Gasteiger partial charge in [-0.2, -0.15) is 13.2 Å². The molecule has 200 valence electrons. The summed E-state index contributed by atoms with van der Waals surface area (Å²) in [6.07, 6.45) is -1.51. The van der Waals surface area contributed by atoms with Crippen LogP contribution in [0.1, 0.15) is 47.2 Å². The summed E-state index contributed by atoms with van der Waals surface area (Å²) >= 11 is 0. The number of nitrogens with zero attached hydrogens (tertiary/aromatic N) is 2. The molecule has 5 unspecified atom stereocenters. The molecule has 1 aromatic heterocycles. The number of hydrazine groups is 1. The minimum Gasteiger partial charge on any atom is -0.392 e. The fraction of sp³-hybridized carbons (Fsp3) is 0.370. The highest BCUT2D eigenvalue weighted by Crippen LogP contribution is 2.41. The van der Waals surface area contributed by atoms with Crippen LogP contribution in [0.2, 0.25) is 0 Å². The van der Waals surface area contributed by atoms with Gasteiger partial charge in [0.2, 0.25) is 0 Å². The van der Waals surface area contributed by atoms with Crippen molar-refractivity contribution in [3.8, 4) is 11.4 Å². The molecule has 1 aliphatic heterocycles. The lowest BCUT2D eigenvalue weighted by Gasteiger charge is -2.41. The quantitative estimate of drug-likeness (QED) is 0.375. The molecule has 0 radical (unpaired) electrons. The number of amides is 1. The molecule has 0 spiro atoms. The third-order valence-electron chi connectivity index (χ3n) is 7.48. The Morgan fingerprint density at radius 1 is 1.08 bits per heavy atom. The first-order chi connectivity index (χ1) is 18.1. The van der Waals surface area contributed by atoms with Crippen molar-refractivity contribution in [3.63, 3.8) is 0 Å². The summed E-state index contributed by atoms with van der Waals surface area (Å²) < 4.78 is 56.3. The largest absolute Gasteiger partial charge is 0.417 e. The summed E-state index contributed by atoms with van der Waals surface area (Å²) in [5.74, 6) is -2.57. The zero-order valence-corrected chi connectivity index (χ0v) is 20.4. The zero-order chi connectivity index (χ0) is 27.0. The van der Waals surface area contributed by atoms with Gasteiger partial charge in [0.1, 0.15) is 5.82 Å². The first-order valence-electron chi connectivity index (χ1n) is 12.4. The standard InChI is InChI=1S/C27H27F4N5O2/c1-14(37)22-17-9-8-16(15-6-3-2-4-7-15)23(24(17)36-35-22)34-26(38)19-12-18(25-32-10-5-11-33-25)20(13-21(19)28)27(29,30)31/h2-7,10-14,16-17,22-24,35-37H,8-9H2,1H3,(H,34,38)/t14-,16?,17?,22?,23?,24?/m0/s1. The van der Waals surface area contributed by atoms with Crippen LogP contribution in [0.4, 0.5) is 17.6 Å². The topological polar surface area (TPSA) is 99.2 Å². The third kappa shape index (κ3) is 5.01. The van der Waals surface area contributed by atoms with Crippen LogP contribution in [-0.2, 0) is 6.18 Å². The number of aromatic nitrogens is 2. The molecule has 1 saturated carbocycles. The van der Waals surface area contributed by atoms with Gasteiger partial charge in [-0.25, -0.2) is 14.4 Å². The van der Waals surface area contributed by atoms with Gasteiger partial charge < -0.3 is 10.4 Å². The summed E-state index contributed by atoms with van der Waals surface area (Å²) in [5.41, 5.74) is 4.99. The molecule has 38 heavy (non-hydrogen) atoms. The number of aliphatic hydroxyl groups is 1. The first kappa shape index (κ1) is 26.2. The Morgan fingerprint density at radius 3 is 2.45 bits per heavy atom. The predicted molar refractivity (Wildman–Crippen MR) is 131 cm³/mol. The van der Waals surface area contributed by atoms with Crippen LogP contribution in [0, 0.1) is 11.7 Å². The van der Waals surface area contributed by atoms with E-state index in [-0.39, 0.29) is 29.7 Å². The normalized spacial score (nSPS) is 26.0. The number of carbonyl (C=O) groups excluding carboxylic acids is 1. The van der Waals surface area contributed by atoms with Crippen molar-refractivity contribution in [1.29, 1.82) is 0 Å². The Balaban J connectivity index is 1.52. The van der Waals surface area contributed by atoms with Crippen molar-refractivity contribution >= 4 is 5.91 Å². The van der Waals surface area contributed by atoms with Crippen molar-refractivity contribution in [2.45, 2.75) is 56.1 Å². The molecule has 2 aromatic carbocycles. The molecule has 1 amide bonds. The van der Waals surface area contributed by atoms with E-state index in [2.05, 4.69) is 26.1 Å². The summed E-state index contributed by atoms with van der Waals surface area (Å²) in [5, 5.41) is 13.2. The van der Waals surface area contributed by atoms with Gasteiger partial charge >= 0.3 is 6.18 Å². The minimum absolute atomic E-state index is 0.0222. The number of nitrogens with one attached hydrogen (secondary N) is 3. The van der Waals surface area contributed by atoms with Gasteiger partial charge in [0.25, 0.3) is 5.91 Å². The van der Waals surface area contributed by atoms with Gasteiger partial charge in [-0.3, -0.25) is 15.6 Å². The summed E-state index contributed by atoms with van der Waals surface area (Å²) in [6, 6.07) is 11.1. The number of alkyl halides is 3. The summed E-state index contributed by atoms with van der Waals surface area (Å²) in [7, 11) is 0. The lowest BCUT2D eigenvalue weighted by Crippen LogP contribution is -2.56. The molecule has 11 heteroatoms. The molecule has 2 heterocycles. The van der Waals surface area contributed by atoms with E-state index in [1.54, 1.807) is 6.92 Å². The van der Waals surface area contributed by atoms with E-state index in [1.807, 2.05) is 30.3 Å². The first-order valence-corrected chi connectivity index (χ1v) is 12.4. The molecule has 4 N–H and O–H groups in total. The van der Waals surface area contributed by atoms with Crippen LogP contribution >= 0.6 is 0 Å². The zero-order valence-electron chi connectivity index (χ0n) is 20.4. The van der Waals surface area contributed by atoms with Crippen molar-refractivity contribution in [2.24, 2.45) is 5.92 Å². The smallest absolute Gasteiger partial charge is 0.392 e. The van der Waals surface area contributed by atoms with E-state index >= 15 is 4.39 Å². The maximum Gasteiger partial charge on any atom is 0.417 e. The molecule has 6 atom stereocenters. The monoisotopic (exact) mass is 529 g/mol. The van der Waals surface area contributed by atoms with E-state index in [0.29, 0.717) is 12.5 Å². The molecular weight excluding hydrogens is 502 g/mol. The second-order valence-corrected chi connectivity index (χ2v) is 9.79. The van der Waals surface area contributed by atoms with Gasteiger partial charge in [0.15, 0.2) is 5.82 Å². The van der Waals surface area contributed by atoms with E-state index in [4.69, 9.17) is 0 Å². The van der Waals surface area contributed by atoms with Crippen molar-refractivity contribution in [1.82, 2.24) is 26.1 Å². The number of aliphatic hydroxyl groups excluding tert-OH is 1. The van der Waals surface area contributed by atoms with E-state index in [9.17, 15) is 23.1 Å². The molecular formula is C27H27F4N5O2. The van der Waals surface area contributed by atoms with Crippen molar-refractivity contribution in [2.75, 3.05) is 0 Å². The average Bonchev–Trinajstić information content (AvgIpc) is 3.34. The average molecular weight is 530 g/mol. The van der Waals surface area contributed by atoms with Gasteiger partial charge in [0.05, 0.1) is 29.3 Å². The van der Waals surface area contributed by atoms with Crippen molar-refractivity contribution < 1.29 is 27.5 Å². The number of hydrogen-bond donors (Lipinski definition) is 4. The van der Waals surface area contributed by atoms with Crippen LogP contribution < -0.4 is 16.2 Å². The number of halogens is 4. The molecule has 7 nitrogen and oxygen atoms in total. The maximum atomic E-state index is 15.1. The molecule has 3 aromatic rings. The van der Waals surface area contributed by atoms with Gasteiger partial charge in [-0.1, -0.05) is 30.3 Å². The van der Waals surface area contributed by atoms with Crippen LogP contribution in [0.3, 0.4) is 0 Å². The van der Waals surface area contributed by atoms with Crippen LogP contribution in [0.5, 0.6) is 0 Å². The molecule has 1 aliphatic carbocycles. The minimum atomic E-state index is -4.88. The van der Waals surface area contributed by atoms with E-state index in [1.165, 1.54) is 18.5 Å². The van der Waals surface area contributed by atoms with Gasteiger partial charge in [-0.05, 0) is 49.4 Å². The fourth-order valence-electron chi connectivity index (χ4n) is 5.72. The Hall–Kier alpha value is -3.41. The number of fused-ring (bicyclic) bond motifs is 1. The Bertz CT molecular complexity index is 1290. The van der Waals surface area contributed by atoms with Crippen LogP contribution in [0.25, 0.3) is 11.4 Å². The fourth-order valence-corrected chi connectivity index (χ4v) is 5.72. The van der Waals surface area contributed by atoms with E-state index < -0.39 is 46.7 Å². The third-order valence-corrected chi connectivity index (χ3v) is 7.48. The molecule has 2 fully saturated rings. The predicted octanol–water partition coefficient (Wildman–Crippen LogP) is 3.82. The van der Waals surface area contributed by atoms with Crippen LogP contribution in [0.15, 0.2) is 60.9 Å². The SMILES string of the molecule is C[C@H](O)C1NNC2C1CCC(c1ccccc1)C2NC(=O)c1cc(-c2ncccn2)c(C(F)(F)F)cc1F. The highest BCUT2D eigenvalue weighted by molar-refractivity contribution is 5.96. The lowest BCUT2D eigenvalue weighted by atomic mass is 9.70. The lowest BCUT2D eigenvalue weighted by molar-refractivity contribution is -0.137. The van der Waals surface area contributed by atoms with Crippen LogP contribution in [-0.4, -0.2) is 45.2 Å². The number of rotatable bonds is 5. The summed E-state index contributed by atoms with van der Waals surface area (Å²) in [4.78, 5) is 21.3. The number of carbonyl (C=O) groups is 1. The van der Waals surface area contributed by atoms with Crippen molar-refractivity contribution in [3.05, 3.63) is 83.4 Å². The Labute approximate surface area is 216 Å². The van der Waals surface area contributed by atoms with Gasteiger partial charge in [-0.15, -0.1) is 0 Å². The number of hydrogen-bond acceptors (Lipinski definition) is 6. The second-order valence-electron chi connectivity index (χ2n) is 9.79.